The highest BCUT2D eigenvalue weighted by Crippen LogP contribution is 2.37. The Labute approximate surface area is 99.6 Å². The third kappa shape index (κ3) is 1.63. The Morgan fingerprint density at radius 3 is 2.75 bits per heavy atom. The van der Waals surface area contributed by atoms with Gasteiger partial charge in [0, 0.05) is 17.2 Å². The van der Waals surface area contributed by atoms with Crippen LogP contribution in [-0.2, 0) is 0 Å². The smallest absolute Gasteiger partial charge is 0.0938 e. The molecular weight excluding hydrogens is 220 g/mol. The van der Waals surface area contributed by atoms with E-state index in [2.05, 4.69) is 16.3 Å². The summed E-state index contributed by atoms with van der Waals surface area (Å²) in [4.78, 5) is 0. The van der Waals surface area contributed by atoms with Gasteiger partial charge in [-0.1, -0.05) is 36.2 Å². The molecule has 82 valence electrons. The normalized spacial score (nSPS) is 16.1. The molecule has 1 aliphatic rings. The van der Waals surface area contributed by atoms with Crippen molar-refractivity contribution >= 4 is 11.6 Å². The zero-order valence-electron chi connectivity index (χ0n) is 8.91. The van der Waals surface area contributed by atoms with Gasteiger partial charge in [-0.05, 0) is 25.0 Å². The molecule has 0 spiro atoms. The average Bonchev–Trinajstić information content (AvgIpc) is 2.65. The third-order valence-corrected chi connectivity index (χ3v) is 3.62. The second kappa shape index (κ2) is 3.95. The summed E-state index contributed by atoms with van der Waals surface area (Å²) in [5.41, 5.74) is 3.21. The van der Waals surface area contributed by atoms with Crippen molar-refractivity contribution in [1.82, 2.24) is 10.2 Å². The zero-order chi connectivity index (χ0) is 11.0. The number of benzene rings is 1. The SMILES string of the molecule is Clc1ccccc1-c1cc(C2CCC2)[nH]n1. The van der Waals surface area contributed by atoms with Crippen molar-refractivity contribution in [2.75, 3.05) is 0 Å². The van der Waals surface area contributed by atoms with Gasteiger partial charge in [-0.15, -0.1) is 0 Å². The molecule has 0 bridgehead atoms. The first-order valence-electron chi connectivity index (χ1n) is 5.65. The number of halogens is 1. The Morgan fingerprint density at radius 2 is 2.06 bits per heavy atom. The molecular formula is C13H13ClN2. The molecule has 0 aliphatic heterocycles. The van der Waals surface area contributed by atoms with E-state index in [1.807, 2.05) is 24.3 Å². The molecule has 0 radical (unpaired) electrons. The predicted octanol–water partition coefficient (Wildman–Crippen LogP) is 4.00. The fourth-order valence-electron chi connectivity index (χ4n) is 2.07. The van der Waals surface area contributed by atoms with Crippen molar-refractivity contribution in [3.63, 3.8) is 0 Å². The maximum Gasteiger partial charge on any atom is 0.0938 e. The minimum atomic E-state index is 0.684. The second-order valence-electron chi connectivity index (χ2n) is 4.32. The lowest BCUT2D eigenvalue weighted by molar-refractivity contribution is 0.410. The lowest BCUT2D eigenvalue weighted by Gasteiger charge is -2.23. The fourth-order valence-corrected chi connectivity index (χ4v) is 2.30. The highest BCUT2D eigenvalue weighted by molar-refractivity contribution is 6.33. The van der Waals surface area contributed by atoms with Crippen molar-refractivity contribution in [3.8, 4) is 11.3 Å². The third-order valence-electron chi connectivity index (χ3n) is 3.29. The van der Waals surface area contributed by atoms with Gasteiger partial charge in [0.2, 0.25) is 0 Å². The number of aromatic amines is 1. The van der Waals surface area contributed by atoms with E-state index in [1.54, 1.807) is 0 Å². The molecule has 0 amide bonds. The highest BCUT2D eigenvalue weighted by atomic mass is 35.5. The molecule has 2 nitrogen and oxygen atoms in total. The van der Waals surface area contributed by atoms with Crippen LogP contribution in [0, 0.1) is 0 Å². The maximum absolute atomic E-state index is 6.14. The van der Waals surface area contributed by atoms with E-state index in [4.69, 9.17) is 11.6 Å². The number of nitrogens with zero attached hydrogens (tertiary/aromatic N) is 1. The Hall–Kier alpha value is -1.28. The van der Waals surface area contributed by atoms with E-state index in [0.29, 0.717) is 5.92 Å². The second-order valence-corrected chi connectivity index (χ2v) is 4.72. The zero-order valence-corrected chi connectivity index (χ0v) is 9.67. The molecule has 1 N–H and O–H groups in total. The molecule has 16 heavy (non-hydrogen) atoms. The number of H-pyrrole nitrogens is 1. The molecule has 1 saturated carbocycles. The first-order valence-corrected chi connectivity index (χ1v) is 6.02. The van der Waals surface area contributed by atoms with Gasteiger partial charge in [-0.2, -0.15) is 5.10 Å². The maximum atomic E-state index is 6.14. The molecule has 3 rings (SSSR count). The predicted molar refractivity (Wildman–Crippen MR) is 65.6 cm³/mol. The van der Waals surface area contributed by atoms with Crippen LogP contribution in [0.25, 0.3) is 11.3 Å². The molecule has 2 aromatic rings. The average molecular weight is 233 g/mol. The summed E-state index contributed by atoms with van der Waals surface area (Å²) < 4.78 is 0. The van der Waals surface area contributed by atoms with Gasteiger partial charge in [0.25, 0.3) is 0 Å². The minimum Gasteiger partial charge on any atom is -0.282 e. The highest BCUT2D eigenvalue weighted by Gasteiger charge is 2.21. The number of nitrogens with one attached hydrogen (secondary N) is 1. The summed E-state index contributed by atoms with van der Waals surface area (Å²) in [6.07, 6.45) is 3.90. The minimum absolute atomic E-state index is 0.684. The van der Waals surface area contributed by atoms with Gasteiger partial charge >= 0.3 is 0 Å². The van der Waals surface area contributed by atoms with Crippen LogP contribution in [0.15, 0.2) is 30.3 Å². The van der Waals surface area contributed by atoms with Crippen LogP contribution in [-0.4, -0.2) is 10.2 Å². The van der Waals surface area contributed by atoms with Gasteiger partial charge in [-0.3, -0.25) is 5.10 Å². The molecule has 1 aromatic heterocycles. The molecule has 0 atom stereocenters. The van der Waals surface area contributed by atoms with E-state index >= 15 is 0 Å². The quantitative estimate of drug-likeness (QED) is 0.833. The summed E-state index contributed by atoms with van der Waals surface area (Å²) in [7, 11) is 0. The molecule has 3 heteroatoms. The monoisotopic (exact) mass is 232 g/mol. The number of aromatic nitrogens is 2. The number of hydrogen-bond donors (Lipinski definition) is 1. The Balaban J connectivity index is 1.95. The van der Waals surface area contributed by atoms with Crippen LogP contribution in [0.1, 0.15) is 30.9 Å². The Morgan fingerprint density at radius 1 is 1.25 bits per heavy atom. The van der Waals surface area contributed by atoms with Crippen molar-refractivity contribution < 1.29 is 0 Å². The van der Waals surface area contributed by atoms with Crippen LogP contribution in [0.2, 0.25) is 5.02 Å². The lowest BCUT2D eigenvalue weighted by Crippen LogP contribution is -2.08. The van der Waals surface area contributed by atoms with E-state index in [9.17, 15) is 0 Å². The van der Waals surface area contributed by atoms with Crippen LogP contribution in [0.5, 0.6) is 0 Å². The van der Waals surface area contributed by atoms with Crippen molar-refractivity contribution in [2.45, 2.75) is 25.2 Å². The van der Waals surface area contributed by atoms with Crippen molar-refractivity contribution in [1.29, 1.82) is 0 Å². The van der Waals surface area contributed by atoms with Gasteiger partial charge < -0.3 is 0 Å². The molecule has 1 fully saturated rings. The lowest BCUT2D eigenvalue weighted by atomic mass is 9.83. The van der Waals surface area contributed by atoms with Crippen molar-refractivity contribution in [2.24, 2.45) is 0 Å². The van der Waals surface area contributed by atoms with E-state index in [1.165, 1.54) is 25.0 Å². The van der Waals surface area contributed by atoms with E-state index in [0.717, 1.165) is 16.3 Å². The van der Waals surface area contributed by atoms with Crippen LogP contribution < -0.4 is 0 Å². The van der Waals surface area contributed by atoms with Crippen molar-refractivity contribution in [3.05, 3.63) is 41.0 Å². The molecule has 1 heterocycles. The fraction of sp³-hybridized carbons (Fsp3) is 0.308. The van der Waals surface area contributed by atoms with E-state index < -0.39 is 0 Å². The summed E-state index contributed by atoms with van der Waals surface area (Å²) in [6.45, 7) is 0. The van der Waals surface area contributed by atoms with Gasteiger partial charge in [0.05, 0.1) is 10.7 Å². The van der Waals surface area contributed by atoms with Crippen LogP contribution in [0.3, 0.4) is 0 Å². The molecule has 1 aromatic carbocycles. The first kappa shape index (κ1) is 9.91. The summed E-state index contributed by atoms with van der Waals surface area (Å²) in [5, 5.41) is 8.22. The first-order chi connectivity index (χ1) is 7.84. The largest absolute Gasteiger partial charge is 0.282 e. The molecule has 0 unspecified atom stereocenters. The van der Waals surface area contributed by atoms with Gasteiger partial charge in [0.15, 0.2) is 0 Å². The number of rotatable bonds is 2. The standard InChI is InChI=1S/C13H13ClN2/c14-11-7-2-1-6-10(11)13-8-12(15-16-13)9-4-3-5-9/h1-2,6-9H,3-5H2,(H,15,16). The van der Waals surface area contributed by atoms with Gasteiger partial charge in [-0.25, -0.2) is 0 Å². The Bertz CT molecular complexity index is 500. The molecule has 0 saturated heterocycles. The van der Waals surface area contributed by atoms with E-state index in [-0.39, 0.29) is 0 Å². The summed E-state index contributed by atoms with van der Waals surface area (Å²) >= 11 is 6.14. The van der Waals surface area contributed by atoms with Crippen LogP contribution >= 0.6 is 11.6 Å². The number of hydrogen-bond acceptors (Lipinski definition) is 1. The summed E-state index contributed by atoms with van der Waals surface area (Å²) in [6, 6.07) is 9.95. The van der Waals surface area contributed by atoms with Gasteiger partial charge in [0.1, 0.15) is 0 Å². The topological polar surface area (TPSA) is 28.7 Å². The summed E-state index contributed by atoms with van der Waals surface area (Å²) in [5.74, 6) is 0.684. The van der Waals surface area contributed by atoms with Crippen LogP contribution in [0.4, 0.5) is 0 Å². The molecule has 1 aliphatic carbocycles. The Kier molecular flexibility index (Phi) is 2.44.